The van der Waals surface area contributed by atoms with Gasteiger partial charge in [-0.2, -0.15) is 0 Å². The van der Waals surface area contributed by atoms with Gasteiger partial charge in [-0.1, -0.05) is 18.2 Å². The van der Waals surface area contributed by atoms with Crippen molar-refractivity contribution < 1.29 is 9.26 Å². The second-order valence-corrected chi connectivity index (χ2v) is 3.15. The van der Waals surface area contributed by atoms with Crippen molar-refractivity contribution in [1.29, 1.82) is 0 Å². The lowest BCUT2D eigenvalue weighted by Gasteiger charge is -1.89. The van der Waals surface area contributed by atoms with Crippen LogP contribution >= 0.6 is 0 Å². The van der Waals surface area contributed by atoms with E-state index in [1.165, 1.54) is 0 Å². The first-order valence-electron chi connectivity index (χ1n) is 4.56. The van der Waals surface area contributed by atoms with E-state index in [0.29, 0.717) is 6.54 Å². The van der Waals surface area contributed by atoms with Crippen molar-refractivity contribution in [2.45, 2.75) is 6.54 Å². The zero-order valence-corrected chi connectivity index (χ0v) is 8.10. The zero-order valence-electron chi connectivity index (χ0n) is 8.10. The first kappa shape index (κ1) is 8.97. The standard InChI is InChI=1S/C11H13N2O/c1-13-11(7-10(8-12)14-13)9-5-3-2-4-6-9/h2-7H,8,12H2,1H3/q+1. The van der Waals surface area contributed by atoms with Crippen LogP contribution in [0.3, 0.4) is 0 Å². The zero-order chi connectivity index (χ0) is 9.97. The van der Waals surface area contributed by atoms with E-state index >= 15 is 0 Å². The number of nitrogens with two attached hydrogens (primary N) is 1. The minimum Gasteiger partial charge on any atom is -0.324 e. The normalized spacial score (nSPS) is 10.4. The summed E-state index contributed by atoms with van der Waals surface area (Å²) in [7, 11) is 1.88. The molecule has 0 fully saturated rings. The molecule has 0 amide bonds. The monoisotopic (exact) mass is 189 g/mol. The SMILES string of the molecule is C[n+]1oc(CN)cc1-c1ccccc1. The van der Waals surface area contributed by atoms with E-state index in [1.54, 1.807) is 4.74 Å². The van der Waals surface area contributed by atoms with E-state index in [1.807, 2.05) is 43.4 Å². The van der Waals surface area contributed by atoms with Gasteiger partial charge in [0.2, 0.25) is 5.76 Å². The summed E-state index contributed by atoms with van der Waals surface area (Å²) >= 11 is 0. The van der Waals surface area contributed by atoms with Gasteiger partial charge >= 0.3 is 0 Å². The Balaban J connectivity index is 2.46. The molecule has 2 N–H and O–H groups in total. The summed E-state index contributed by atoms with van der Waals surface area (Å²) in [5.74, 6) is 0.798. The second kappa shape index (κ2) is 3.64. The summed E-state index contributed by atoms with van der Waals surface area (Å²) in [6, 6.07) is 12.1. The Labute approximate surface area is 82.7 Å². The van der Waals surface area contributed by atoms with Crippen LogP contribution < -0.4 is 10.5 Å². The Bertz CT molecular complexity index is 420. The Kier molecular flexibility index (Phi) is 2.33. The molecule has 0 aliphatic rings. The maximum Gasteiger partial charge on any atom is 0.261 e. The lowest BCUT2D eigenvalue weighted by Crippen LogP contribution is -2.27. The molecule has 1 aromatic carbocycles. The van der Waals surface area contributed by atoms with Crippen molar-refractivity contribution in [3.63, 3.8) is 0 Å². The third-order valence-corrected chi connectivity index (χ3v) is 2.16. The van der Waals surface area contributed by atoms with Crippen LogP contribution in [0.2, 0.25) is 0 Å². The number of aryl methyl sites for hydroxylation is 1. The van der Waals surface area contributed by atoms with Crippen molar-refractivity contribution in [3.05, 3.63) is 42.2 Å². The van der Waals surface area contributed by atoms with E-state index in [2.05, 4.69) is 0 Å². The predicted molar refractivity (Wildman–Crippen MR) is 53.2 cm³/mol. The number of hydrogen-bond acceptors (Lipinski definition) is 2. The molecule has 2 aromatic rings. The van der Waals surface area contributed by atoms with Gasteiger partial charge in [-0.3, -0.25) is 0 Å². The van der Waals surface area contributed by atoms with E-state index in [0.717, 1.165) is 17.0 Å². The number of nitrogens with zero attached hydrogens (tertiary/aromatic N) is 1. The van der Waals surface area contributed by atoms with Crippen molar-refractivity contribution in [2.24, 2.45) is 12.8 Å². The highest BCUT2D eigenvalue weighted by Gasteiger charge is 2.15. The highest BCUT2D eigenvalue weighted by Crippen LogP contribution is 2.16. The average Bonchev–Trinajstić information content (AvgIpc) is 2.61. The fourth-order valence-electron chi connectivity index (χ4n) is 1.47. The van der Waals surface area contributed by atoms with Crippen LogP contribution in [-0.2, 0) is 13.6 Å². The minimum absolute atomic E-state index is 0.431. The van der Waals surface area contributed by atoms with Gasteiger partial charge in [0.15, 0.2) is 7.05 Å². The second-order valence-electron chi connectivity index (χ2n) is 3.15. The molecule has 0 aliphatic carbocycles. The van der Waals surface area contributed by atoms with Crippen molar-refractivity contribution in [3.8, 4) is 11.3 Å². The van der Waals surface area contributed by atoms with Crippen LogP contribution in [-0.4, -0.2) is 0 Å². The first-order valence-corrected chi connectivity index (χ1v) is 4.56. The van der Waals surface area contributed by atoms with Gasteiger partial charge in [-0.15, -0.1) is 0 Å². The van der Waals surface area contributed by atoms with Gasteiger partial charge in [-0.05, 0) is 16.9 Å². The van der Waals surface area contributed by atoms with Crippen molar-refractivity contribution >= 4 is 0 Å². The topological polar surface area (TPSA) is 43.0 Å². The molecular formula is C11H13N2O+. The van der Waals surface area contributed by atoms with E-state index in [9.17, 15) is 0 Å². The average molecular weight is 189 g/mol. The van der Waals surface area contributed by atoms with Crippen LogP contribution in [0.15, 0.2) is 40.9 Å². The highest BCUT2D eigenvalue weighted by atomic mass is 16.5. The van der Waals surface area contributed by atoms with Gasteiger partial charge in [0.05, 0.1) is 18.2 Å². The number of hydrogen-bond donors (Lipinski definition) is 1. The third-order valence-electron chi connectivity index (χ3n) is 2.16. The fourth-order valence-corrected chi connectivity index (χ4v) is 1.47. The maximum absolute atomic E-state index is 5.50. The van der Waals surface area contributed by atoms with Gasteiger partial charge in [0.25, 0.3) is 5.69 Å². The van der Waals surface area contributed by atoms with Gasteiger partial charge < -0.3 is 5.73 Å². The molecular weight excluding hydrogens is 176 g/mol. The summed E-state index contributed by atoms with van der Waals surface area (Å²) < 4.78 is 7.14. The molecule has 3 heteroatoms. The van der Waals surface area contributed by atoms with Gasteiger partial charge in [0, 0.05) is 0 Å². The van der Waals surface area contributed by atoms with Crippen LogP contribution in [0.5, 0.6) is 0 Å². The molecule has 0 radical (unpaired) electrons. The number of rotatable bonds is 2. The van der Waals surface area contributed by atoms with E-state index in [4.69, 9.17) is 10.3 Å². The lowest BCUT2D eigenvalue weighted by molar-refractivity contribution is -0.837. The molecule has 72 valence electrons. The first-order chi connectivity index (χ1) is 6.81. The summed E-state index contributed by atoms with van der Waals surface area (Å²) in [6.45, 7) is 0.431. The Hall–Kier alpha value is -1.61. The molecule has 0 spiro atoms. The van der Waals surface area contributed by atoms with Gasteiger partial charge in [-0.25, -0.2) is 4.52 Å². The molecule has 0 aliphatic heterocycles. The summed E-state index contributed by atoms with van der Waals surface area (Å²) in [5.41, 5.74) is 7.69. The molecule has 0 saturated carbocycles. The molecule has 0 saturated heterocycles. The fraction of sp³-hybridized carbons (Fsp3) is 0.182. The molecule has 0 atom stereocenters. The number of aromatic nitrogens is 1. The molecule has 14 heavy (non-hydrogen) atoms. The molecule has 3 nitrogen and oxygen atoms in total. The number of benzene rings is 1. The third kappa shape index (κ3) is 1.54. The smallest absolute Gasteiger partial charge is 0.261 e. The van der Waals surface area contributed by atoms with Crippen LogP contribution in [0.4, 0.5) is 0 Å². The van der Waals surface area contributed by atoms with Crippen molar-refractivity contribution in [2.75, 3.05) is 0 Å². The summed E-state index contributed by atoms with van der Waals surface area (Å²) in [4.78, 5) is 0. The summed E-state index contributed by atoms with van der Waals surface area (Å²) in [6.07, 6.45) is 0. The maximum atomic E-state index is 5.50. The van der Waals surface area contributed by atoms with Crippen LogP contribution in [0, 0.1) is 0 Å². The molecule has 2 rings (SSSR count). The molecule has 0 unspecified atom stereocenters. The van der Waals surface area contributed by atoms with E-state index in [-0.39, 0.29) is 0 Å². The van der Waals surface area contributed by atoms with E-state index < -0.39 is 0 Å². The molecule has 1 aromatic heterocycles. The minimum atomic E-state index is 0.431. The quantitative estimate of drug-likeness (QED) is 0.722. The molecule has 1 heterocycles. The highest BCUT2D eigenvalue weighted by molar-refractivity contribution is 5.55. The lowest BCUT2D eigenvalue weighted by atomic mass is 10.1. The van der Waals surface area contributed by atoms with Crippen LogP contribution in [0.25, 0.3) is 11.3 Å². The largest absolute Gasteiger partial charge is 0.324 e. The van der Waals surface area contributed by atoms with Gasteiger partial charge in [0.1, 0.15) is 0 Å². The Morgan fingerprint density at radius 3 is 2.57 bits per heavy atom. The predicted octanol–water partition coefficient (Wildman–Crippen LogP) is 1.23. The van der Waals surface area contributed by atoms with Crippen LogP contribution in [0.1, 0.15) is 5.76 Å². The van der Waals surface area contributed by atoms with Crippen molar-refractivity contribution in [1.82, 2.24) is 0 Å². The Morgan fingerprint density at radius 2 is 2.00 bits per heavy atom. The summed E-state index contributed by atoms with van der Waals surface area (Å²) in [5, 5.41) is 0. The molecule has 0 bridgehead atoms. The Morgan fingerprint density at radius 1 is 1.29 bits per heavy atom.